The highest BCUT2D eigenvalue weighted by Crippen LogP contribution is 2.45. The lowest BCUT2D eigenvalue weighted by atomic mass is 9.93. The van der Waals surface area contributed by atoms with Crippen LogP contribution in [0, 0.1) is 5.82 Å². The first kappa shape index (κ1) is 27.9. The number of aromatic nitrogens is 2. The number of aliphatic hydroxyl groups excluding tert-OH is 1. The summed E-state index contributed by atoms with van der Waals surface area (Å²) in [4.78, 5) is 28.4. The Balaban J connectivity index is 1.39. The van der Waals surface area contributed by atoms with E-state index in [4.69, 9.17) is 9.47 Å². The Morgan fingerprint density at radius 2 is 1.74 bits per heavy atom. The van der Waals surface area contributed by atoms with E-state index in [-0.39, 0.29) is 28.2 Å². The molecule has 6 rings (SSSR count). The SMILES string of the molecule is CC(C)c1ccc(C2C(=C(O)c3ccc4c(c3)OCCO4)C(=O)C(=O)N2c2nnc(SCc3ccc(F)cc3)s2)cc1. The van der Waals surface area contributed by atoms with Crippen molar-refractivity contribution in [3.05, 3.63) is 100 Å². The predicted octanol–water partition coefficient (Wildman–Crippen LogP) is 6.49. The first-order valence-electron chi connectivity index (χ1n) is 13.3. The number of anilines is 1. The van der Waals surface area contributed by atoms with Crippen molar-refractivity contribution >= 4 is 45.7 Å². The molecule has 42 heavy (non-hydrogen) atoms. The quantitative estimate of drug-likeness (QED) is 0.0841. The molecule has 2 aliphatic rings. The number of amides is 1. The van der Waals surface area contributed by atoms with E-state index in [0.29, 0.717) is 45.9 Å². The summed E-state index contributed by atoms with van der Waals surface area (Å²) in [5, 5.41) is 20.2. The lowest BCUT2D eigenvalue weighted by Gasteiger charge is -2.23. The maximum absolute atomic E-state index is 13.6. The smallest absolute Gasteiger partial charge is 0.301 e. The topological polar surface area (TPSA) is 102 Å². The van der Waals surface area contributed by atoms with Gasteiger partial charge < -0.3 is 14.6 Å². The van der Waals surface area contributed by atoms with Gasteiger partial charge in [0.05, 0.1) is 11.6 Å². The summed E-state index contributed by atoms with van der Waals surface area (Å²) in [6, 6.07) is 17.8. The fourth-order valence-corrected chi connectivity index (χ4v) is 6.66. The first-order valence-corrected chi connectivity index (χ1v) is 15.1. The number of nitrogens with zero attached hydrogens (tertiary/aromatic N) is 3. The first-order chi connectivity index (χ1) is 20.3. The number of Topliss-reactive ketones (excluding diaryl/α,β-unsaturated/α-hetero) is 1. The van der Waals surface area contributed by atoms with Gasteiger partial charge in [0, 0.05) is 11.3 Å². The number of rotatable bonds is 7. The van der Waals surface area contributed by atoms with Crippen LogP contribution >= 0.6 is 23.1 Å². The highest BCUT2D eigenvalue weighted by Gasteiger charge is 2.48. The van der Waals surface area contributed by atoms with Crippen LogP contribution in [-0.2, 0) is 15.3 Å². The Morgan fingerprint density at radius 3 is 2.45 bits per heavy atom. The molecule has 214 valence electrons. The Labute approximate surface area is 249 Å². The number of ether oxygens (including phenoxy) is 2. The zero-order chi connectivity index (χ0) is 29.4. The highest BCUT2D eigenvalue weighted by molar-refractivity contribution is 8.00. The van der Waals surface area contributed by atoms with Crippen molar-refractivity contribution in [3.8, 4) is 11.5 Å². The van der Waals surface area contributed by atoms with Gasteiger partial charge in [0.1, 0.15) is 24.8 Å². The van der Waals surface area contributed by atoms with Crippen LogP contribution < -0.4 is 14.4 Å². The van der Waals surface area contributed by atoms with E-state index >= 15 is 0 Å². The minimum Gasteiger partial charge on any atom is -0.507 e. The molecule has 1 unspecified atom stereocenters. The molecule has 1 aromatic heterocycles. The predicted molar refractivity (Wildman–Crippen MR) is 159 cm³/mol. The monoisotopic (exact) mass is 603 g/mol. The number of carbonyl (C=O) groups excluding carboxylic acids is 2. The van der Waals surface area contributed by atoms with Crippen LogP contribution in [0.1, 0.15) is 48.1 Å². The van der Waals surface area contributed by atoms with Crippen molar-refractivity contribution in [3.63, 3.8) is 0 Å². The lowest BCUT2D eigenvalue weighted by Crippen LogP contribution is -2.29. The molecular weight excluding hydrogens is 577 g/mol. The number of hydrogen-bond acceptors (Lipinski definition) is 9. The lowest BCUT2D eigenvalue weighted by molar-refractivity contribution is -0.132. The molecule has 0 saturated carbocycles. The number of thioether (sulfide) groups is 1. The van der Waals surface area contributed by atoms with Gasteiger partial charge in [-0.25, -0.2) is 4.39 Å². The molecule has 0 aliphatic carbocycles. The van der Waals surface area contributed by atoms with Crippen LogP contribution in [0.4, 0.5) is 9.52 Å². The molecule has 1 amide bonds. The largest absolute Gasteiger partial charge is 0.507 e. The molecule has 3 aromatic carbocycles. The number of ketones is 1. The zero-order valence-electron chi connectivity index (χ0n) is 22.7. The summed E-state index contributed by atoms with van der Waals surface area (Å²) in [5.74, 6) is -0.460. The molecule has 8 nitrogen and oxygen atoms in total. The summed E-state index contributed by atoms with van der Waals surface area (Å²) < 4.78 is 25.1. The van der Waals surface area contributed by atoms with Gasteiger partial charge in [0.2, 0.25) is 5.13 Å². The van der Waals surface area contributed by atoms with Crippen molar-refractivity contribution in [2.75, 3.05) is 18.1 Å². The van der Waals surface area contributed by atoms with Crippen molar-refractivity contribution in [2.24, 2.45) is 0 Å². The molecule has 0 spiro atoms. The van der Waals surface area contributed by atoms with Crippen LogP contribution in [0.3, 0.4) is 0 Å². The van der Waals surface area contributed by atoms with E-state index in [1.165, 1.54) is 40.1 Å². The van der Waals surface area contributed by atoms with Crippen LogP contribution in [0.25, 0.3) is 5.76 Å². The van der Waals surface area contributed by atoms with E-state index < -0.39 is 17.7 Å². The van der Waals surface area contributed by atoms with Gasteiger partial charge in [-0.1, -0.05) is 73.3 Å². The van der Waals surface area contributed by atoms with Crippen LogP contribution in [-0.4, -0.2) is 40.2 Å². The van der Waals surface area contributed by atoms with Crippen LogP contribution in [0.2, 0.25) is 0 Å². The number of hydrogen-bond donors (Lipinski definition) is 1. The van der Waals surface area contributed by atoms with E-state index in [0.717, 1.165) is 11.1 Å². The highest BCUT2D eigenvalue weighted by atomic mass is 32.2. The fraction of sp³-hybridized carbons (Fsp3) is 0.226. The number of halogens is 1. The van der Waals surface area contributed by atoms with Gasteiger partial charge in [-0.05, 0) is 52.9 Å². The second-order valence-electron chi connectivity index (χ2n) is 10.1. The third-order valence-corrected chi connectivity index (χ3v) is 9.18. The van der Waals surface area contributed by atoms with Gasteiger partial charge in [-0.15, -0.1) is 10.2 Å². The van der Waals surface area contributed by atoms with E-state index in [1.54, 1.807) is 30.3 Å². The molecule has 1 fully saturated rings. The Bertz CT molecular complexity index is 1690. The number of carbonyl (C=O) groups is 2. The Hall–Kier alpha value is -4.22. The molecule has 0 bridgehead atoms. The molecule has 11 heteroatoms. The molecule has 1 atom stereocenters. The molecule has 4 aromatic rings. The average molecular weight is 604 g/mol. The second-order valence-corrected chi connectivity index (χ2v) is 12.3. The average Bonchev–Trinajstić information content (AvgIpc) is 3.58. The number of fused-ring (bicyclic) bond motifs is 1. The molecule has 1 N–H and O–H groups in total. The summed E-state index contributed by atoms with van der Waals surface area (Å²) in [7, 11) is 0. The van der Waals surface area contributed by atoms with Gasteiger partial charge in [-0.2, -0.15) is 0 Å². The molecule has 1 saturated heterocycles. The minimum atomic E-state index is -0.928. The van der Waals surface area contributed by atoms with Crippen LogP contribution in [0.15, 0.2) is 76.6 Å². The number of aliphatic hydroxyl groups is 1. The number of benzene rings is 3. The third-order valence-electron chi connectivity index (χ3n) is 7.06. The maximum atomic E-state index is 13.6. The summed E-state index contributed by atoms with van der Waals surface area (Å²) in [5.41, 5.74) is 2.92. The summed E-state index contributed by atoms with van der Waals surface area (Å²) in [6.07, 6.45) is 0. The van der Waals surface area contributed by atoms with Crippen molar-refractivity contribution < 1.29 is 28.6 Å². The van der Waals surface area contributed by atoms with Crippen molar-refractivity contribution in [1.29, 1.82) is 0 Å². The Morgan fingerprint density at radius 1 is 1.02 bits per heavy atom. The van der Waals surface area contributed by atoms with Gasteiger partial charge in [0.25, 0.3) is 5.78 Å². The minimum absolute atomic E-state index is 0.0512. The van der Waals surface area contributed by atoms with Crippen molar-refractivity contribution in [1.82, 2.24) is 10.2 Å². The standard InChI is InChI=1S/C31H26FN3O5S2/c1-17(2)19-5-7-20(8-6-19)26-25(27(36)21-9-12-23-24(15-21)40-14-13-39-23)28(37)29(38)35(26)30-33-34-31(42-30)41-16-18-3-10-22(32)11-4-18/h3-12,15,17,26,36H,13-14,16H2,1-2H3. The molecule has 0 radical (unpaired) electrons. The molecular formula is C31H26FN3O5S2. The maximum Gasteiger partial charge on any atom is 0.301 e. The molecule has 2 aliphatic heterocycles. The van der Waals surface area contributed by atoms with Crippen LogP contribution in [0.5, 0.6) is 11.5 Å². The van der Waals surface area contributed by atoms with E-state index in [1.807, 2.05) is 24.3 Å². The second kappa shape index (κ2) is 11.6. The zero-order valence-corrected chi connectivity index (χ0v) is 24.4. The van der Waals surface area contributed by atoms with Gasteiger partial charge >= 0.3 is 5.91 Å². The summed E-state index contributed by atoms with van der Waals surface area (Å²) in [6.45, 7) is 4.94. The van der Waals surface area contributed by atoms with E-state index in [9.17, 15) is 19.1 Å². The van der Waals surface area contributed by atoms with Gasteiger partial charge in [-0.3, -0.25) is 14.5 Å². The summed E-state index contributed by atoms with van der Waals surface area (Å²) >= 11 is 2.56. The van der Waals surface area contributed by atoms with E-state index in [2.05, 4.69) is 24.0 Å². The van der Waals surface area contributed by atoms with Crippen molar-refractivity contribution in [2.45, 2.75) is 35.9 Å². The normalized spacial score (nSPS) is 17.7. The third kappa shape index (κ3) is 5.37. The fourth-order valence-electron chi connectivity index (χ4n) is 4.84. The van der Waals surface area contributed by atoms with Gasteiger partial charge in [0.15, 0.2) is 15.8 Å². The molecule has 3 heterocycles. The Kier molecular flexibility index (Phi) is 7.70.